The summed E-state index contributed by atoms with van der Waals surface area (Å²) in [4.78, 5) is 4.38. The van der Waals surface area contributed by atoms with Gasteiger partial charge in [-0.1, -0.05) is 13.8 Å². The molecule has 2 aromatic rings. The third-order valence-corrected chi connectivity index (χ3v) is 2.64. The van der Waals surface area contributed by atoms with Gasteiger partial charge in [-0.15, -0.1) is 0 Å². The third kappa shape index (κ3) is 1.86. The fourth-order valence-electron chi connectivity index (χ4n) is 1.48. The summed E-state index contributed by atoms with van der Waals surface area (Å²) < 4.78 is 5.21. The lowest BCUT2D eigenvalue weighted by molar-refractivity contribution is 0.492. The minimum Gasteiger partial charge on any atom is -0.469 e. The molecule has 0 amide bonds. The number of furan rings is 1. The minimum absolute atomic E-state index is 0.117. The normalized spacial score (nSPS) is 13.3. The Labute approximate surface area is 94.1 Å². The van der Waals surface area contributed by atoms with Crippen LogP contribution in [0, 0.1) is 12.8 Å². The number of H-pyrrole nitrogens is 1. The first kappa shape index (κ1) is 10.9. The van der Waals surface area contributed by atoms with Crippen LogP contribution in [-0.4, -0.2) is 15.2 Å². The van der Waals surface area contributed by atoms with Gasteiger partial charge in [-0.05, 0) is 18.9 Å². The van der Waals surface area contributed by atoms with Crippen LogP contribution in [0.5, 0.6) is 0 Å². The van der Waals surface area contributed by atoms with Gasteiger partial charge in [0.05, 0.1) is 17.9 Å². The summed E-state index contributed by atoms with van der Waals surface area (Å²) in [7, 11) is 0. The Hall–Kier alpha value is -1.62. The standard InChI is InChI=1S/C11H16N4O/c1-6(2)9(12)11-13-10(14-15-11)8-4-5-16-7(8)3/h4-6,9H,12H2,1-3H3,(H,13,14,15). The van der Waals surface area contributed by atoms with Crippen molar-refractivity contribution in [3.05, 3.63) is 23.9 Å². The molecule has 0 saturated heterocycles. The Morgan fingerprint density at radius 3 is 2.75 bits per heavy atom. The fraction of sp³-hybridized carbons (Fsp3) is 0.455. The highest BCUT2D eigenvalue weighted by atomic mass is 16.3. The van der Waals surface area contributed by atoms with Crippen LogP contribution >= 0.6 is 0 Å². The summed E-state index contributed by atoms with van der Waals surface area (Å²) in [5.41, 5.74) is 6.89. The zero-order chi connectivity index (χ0) is 11.7. The highest BCUT2D eigenvalue weighted by Crippen LogP contribution is 2.22. The zero-order valence-electron chi connectivity index (χ0n) is 9.69. The van der Waals surface area contributed by atoms with Gasteiger partial charge in [-0.3, -0.25) is 5.10 Å². The van der Waals surface area contributed by atoms with Gasteiger partial charge >= 0.3 is 0 Å². The van der Waals surface area contributed by atoms with Crippen molar-refractivity contribution < 1.29 is 4.42 Å². The lowest BCUT2D eigenvalue weighted by Crippen LogP contribution is -2.18. The van der Waals surface area contributed by atoms with Gasteiger partial charge in [0, 0.05) is 0 Å². The molecule has 1 atom stereocenters. The number of hydrogen-bond acceptors (Lipinski definition) is 4. The number of aromatic nitrogens is 3. The second kappa shape index (κ2) is 4.09. The van der Waals surface area contributed by atoms with Crippen molar-refractivity contribution in [3.8, 4) is 11.4 Å². The highest BCUT2D eigenvalue weighted by molar-refractivity contribution is 5.56. The number of nitrogens with one attached hydrogen (secondary N) is 1. The summed E-state index contributed by atoms with van der Waals surface area (Å²) >= 11 is 0. The van der Waals surface area contributed by atoms with E-state index in [1.165, 1.54) is 0 Å². The van der Waals surface area contributed by atoms with E-state index in [2.05, 4.69) is 29.0 Å². The molecule has 16 heavy (non-hydrogen) atoms. The number of nitrogens with two attached hydrogens (primary N) is 1. The van der Waals surface area contributed by atoms with Gasteiger partial charge in [0.2, 0.25) is 0 Å². The van der Waals surface area contributed by atoms with Crippen molar-refractivity contribution in [3.63, 3.8) is 0 Å². The van der Waals surface area contributed by atoms with Crippen molar-refractivity contribution in [2.45, 2.75) is 26.8 Å². The molecule has 0 aliphatic carbocycles. The molecule has 5 heteroatoms. The smallest absolute Gasteiger partial charge is 0.184 e. The first-order valence-electron chi connectivity index (χ1n) is 5.32. The average molecular weight is 220 g/mol. The molecule has 0 aromatic carbocycles. The molecule has 0 aliphatic rings. The van der Waals surface area contributed by atoms with E-state index in [4.69, 9.17) is 10.2 Å². The molecule has 1 unspecified atom stereocenters. The predicted octanol–water partition coefficient (Wildman–Crippen LogP) is 2.03. The largest absolute Gasteiger partial charge is 0.469 e. The van der Waals surface area contributed by atoms with E-state index in [1.54, 1.807) is 6.26 Å². The van der Waals surface area contributed by atoms with E-state index in [0.29, 0.717) is 17.6 Å². The van der Waals surface area contributed by atoms with Crippen molar-refractivity contribution >= 4 is 0 Å². The zero-order valence-corrected chi connectivity index (χ0v) is 9.69. The molecule has 0 bridgehead atoms. The van der Waals surface area contributed by atoms with Crippen molar-refractivity contribution in [1.29, 1.82) is 0 Å². The Morgan fingerprint density at radius 2 is 2.19 bits per heavy atom. The molecule has 5 nitrogen and oxygen atoms in total. The molecular weight excluding hydrogens is 204 g/mol. The molecule has 0 saturated carbocycles. The fourth-order valence-corrected chi connectivity index (χ4v) is 1.48. The lowest BCUT2D eigenvalue weighted by atomic mass is 10.1. The van der Waals surface area contributed by atoms with Gasteiger partial charge in [0.15, 0.2) is 5.82 Å². The number of aromatic amines is 1. The van der Waals surface area contributed by atoms with E-state index in [-0.39, 0.29) is 6.04 Å². The Bertz CT molecular complexity index is 472. The van der Waals surface area contributed by atoms with Crippen molar-refractivity contribution in [1.82, 2.24) is 15.2 Å². The topological polar surface area (TPSA) is 80.7 Å². The van der Waals surface area contributed by atoms with E-state index in [9.17, 15) is 0 Å². The van der Waals surface area contributed by atoms with Crippen LogP contribution < -0.4 is 5.73 Å². The van der Waals surface area contributed by atoms with Gasteiger partial charge < -0.3 is 10.2 Å². The number of rotatable bonds is 3. The predicted molar refractivity (Wildman–Crippen MR) is 60.6 cm³/mol. The second-order valence-electron chi connectivity index (χ2n) is 4.20. The van der Waals surface area contributed by atoms with Crippen LogP contribution in [0.1, 0.15) is 31.5 Å². The lowest BCUT2D eigenvalue weighted by Gasteiger charge is -2.10. The molecule has 0 aliphatic heterocycles. The molecule has 0 fully saturated rings. The van der Waals surface area contributed by atoms with Crippen molar-refractivity contribution in [2.75, 3.05) is 0 Å². The van der Waals surface area contributed by atoms with Gasteiger partial charge in [-0.2, -0.15) is 5.10 Å². The van der Waals surface area contributed by atoms with Crippen LogP contribution in [0.4, 0.5) is 0 Å². The molecule has 0 radical (unpaired) electrons. The van der Waals surface area contributed by atoms with E-state index in [1.807, 2.05) is 13.0 Å². The second-order valence-corrected chi connectivity index (χ2v) is 4.20. The van der Waals surface area contributed by atoms with Crippen molar-refractivity contribution in [2.24, 2.45) is 11.7 Å². The molecule has 2 heterocycles. The molecule has 2 rings (SSSR count). The van der Waals surface area contributed by atoms with Crippen LogP contribution in [0.2, 0.25) is 0 Å². The monoisotopic (exact) mass is 220 g/mol. The maximum absolute atomic E-state index is 5.99. The molecular formula is C11H16N4O. The van der Waals surface area contributed by atoms with Gasteiger partial charge in [-0.25, -0.2) is 4.98 Å². The van der Waals surface area contributed by atoms with Crippen LogP contribution in [0.3, 0.4) is 0 Å². The molecule has 0 spiro atoms. The van der Waals surface area contributed by atoms with Gasteiger partial charge in [0.1, 0.15) is 11.6 Å². The maximum atomic E-state index is 5.99. The number of hydrogen-bond donors (Lipinski definition) is 2. The van der Waals surface area contributed by atoms with E-state index < -0.39 is 0 Å². The minimum atomic E-state index is -0.117. The SMILES string of the molecule is Cc1occc1-c1n[nH]c(C(N)C(C)C)n1. The van der Waals surface area contributed by atoms with Crippen LogP contribution in [0.15, 0.2) is 16.7 Å². The summed E-state index contributed by atoms with van der Waals surface area (Å²) in [5.74, 6) is 2.48. The molecule has 86 valence electrons. The third-order valence-electron chi connectivity index (χ3n) is 2.64. The molecule has 3 N–H and O–H groups in total. The average Bonchev–Trinajstić information content (AvgIpc) is 2.84. The van der Waals surface area contributed by atoms with E-state index >= 15 is 0 Å². The van der Waals surface area contributed by atoms with Gasteiger partial charge in [0.25, 0.3) is 0 Å². The first-order chi connectivity index (χ1) is 7.59. The number of nitrogens with zero attached hydrogens (tertiary/aromatic N) is 2. The van der Waals surface area contributed by atoms with E-state index in [0.717, 1.165) is 11.3 Å². The summed E-state index contributed by atoms with van der Waals surface area (Å²) in [6.07, 6.45) is 1.63. The Kier molecular flexibility index (Phi) is 2.78. The van der Waals surface area contributed by atoms with Crippen LogP contribution in [0.25, 0.3) is 11.4 Å². The summed E-state index contributed by atoms with van der Waals surface area (Å²) in [6, 6.07) is 1.73. The molecule has 2 aromatic heterocycles. The number of aryl methyl sites for hydroxylation is 1. The highest BCUT2D eigenvalue weighted by Gasteiger charge is 2.17. The first-order valence-corrected chi connectivity index (χ1v) is 5.32. The Balaban J connectivity index is 2.30. The maximum Gasteiger partial charge on any atom is 0.184 e. The Morgan fingerprint density at radius 1 is 1.44 bits per heavy atom. The van der Waals surface area contributed by atoms with Crippen LogP contribution in [-0.2, 0) is 0 Å². The summed E-state index contributed by atoms with van der Waals surface area (Å²) in [5, 5.41) is 7.02. The quantitative estimate of drug-likeness (QED) is 0.829. The summed E-state index contributed by atoms with van der Waals surface area (Å²) in [6.45, 7) is 5.99.